The summed E-state index contributed by atoms with van der Waals surface area (Å²) < 4.78 is 7.31. The van der Waals surface area contributed by atoms with Crippen LogP contribution in [0.1, 0.15) is 6.92 Å². The van der Waals surface area contributed by atoms with Crippen molar-refractivity contribution >= 4 is 29.3 Å². The second kappa shape index (κ2) is 9.34. The third-order valence-corrected chi connectivity index (χ3v) is 4.27. The minimum Gasteiger partial charge on any atom is -0.492 e. The number of carbonyl (C=O) groups excluding carboxylic acids is 1. The van der Waals surface area contributed by atoms with Gasteiger partial charge in [-0.1, -0.05) is 23.4 Å². The quantitative estimate of drug-likeness (QED) is 0.440. The van der Waals surface area contributed by atoms with E-state index < -0.39 is 0 Å². The van der Waals surface area contributed by atoms with Crippen molar-refractivity contribution in [2.45, 2.75) is 18.6 Å². The summed E-state index contributed by atoms with van der Waals surface area (Å²) >= 11 is 7.02. The van der Waals surface area contributed by atoms with Crippen LogP contribution in [-0.4, -0.2) is 34.4 Å². The van der Waals surface area contributed by atoms with Crippen molar-refractivity contribution in [2.75, 3.05) is 18.9 Å². The van der Waals surface area contributed by atoms with Crippen LogP contribution in [0.2, 0.25) is 5.02 Å². The number of nitrogens with zero attached hydrogens (tertiary/aromatic N) is 2. The van der Waals surface area contributed by atoms with Gasteiger partial charge in [0.2, 0.25) is 5.91 Å². The number of carbonyl (C=O) groups is 1. The van der Waals surface area contributed by atoms with Crippen LogP contribution in [0, 0.1) is 0 Å². The zero-order chi connectivity index (χ0) is 17.4. The van der Waals surface area contributed by atoms with Gasteiger partial charge in [0, 0.05) is 23.8 Å². The molecule has 0 saturated carbocycles. The highest BCUT2D eigenvalue weighted by Crippen LogP contribution is 2.15. The lowest BCUT2D eigenvalue weighted by molar-refractivity contribution is -0.118. The summed E-state index contributed by atoms with van der Waals surface area (Å²) in [6.45, 7) is 3.39. The van der Waals surface area contributed by atoms with Gasteiger partial charge in [-0.2, -0.15) is 4.98 Å². The molecule has 0 fully saturated rings. The Bertz CT molecular complexity index is 734. The maximum absolute atomic E-state index is 11.8. The molecule has 24 heavy (non-hydrogen) atoms. The topological polar surface area (TPSA) is 73.2 Å². The van der Waals surface area contributed by atoms with E-state index in [-0.39, 0.29) is 17.2 Å². The monoisotopic (exact) mass is 367 g/mol. The SMILES string of the molecule is CCn1ccc(=O)nc1SCC(=O)NCCOc1ccc(Cl)cc1. The van der Waals surface area contributed by atoms with E-state index in [9.17, 15) is 9.59 Å². The summed E-state index contributed by atoms with van der Waals surface area (Å²) in [6, 6.07) is 8.43. The summed E-state index contributed by atoms with van der Waals surface area (Å²) in [7, 11) is 0. The third-order valence-electron chi connectivity index (χ3n) is 3.03. The molecule has 1 heterocycles. The number of nitrogens with one attached hydrogen (secondary N) is 1. The number of amides is 1. The van der Waals surface area contributed by atoms with Crippen molar-refractivity contribution in [3.63, 3.8) is 0 Å². The van der Waals surface area contributed by atoms with E-state index in [4.69, 9.17) is 16.3 Å². The van der Waals surface area contributed by atoms with Gasteiger partial charge in [-0.3, -0.25) is 9.59 Å². The first-order chi connectivity index (χ1) is 11.6. The average molecular weight is 368 g/mol. The average Bonchev–Trinajstić information content (AvgIpc) is 2.58. The Morgan fingerprint density at radius 2 is 2.08 bits per heavy atom. The summed E-state index contributed by atoms with van der Waals surface area (Å²) in [5.41, 5.74) is -0.307. The molecule has 1 N–H and O–H groups in total. The van der Waals surface area contributed by atoms with Gasteiger partial charge < -0.3 is 14.6 Å². The molecule has 0 aliphatic heterocycles. The van der Waals surface area contributed by atoms with E-state index >= 15 is 0 Å². The second-order valence-corrected chi connectivity index (χ2v) is 6.15. The molecular formula is C16H18ClN3O3S. The molecule has 0 bridgehead atoms. The molecule has 0 saturated heterocycles. The third kappa shape index (κ3) is 5.90. The molecule has 1 aromatic heterocycles. The Balaban J connectivity index is 1.71. The van der Waals surface area contributed by atoms with Crippen molar-refractivity contribution in [1.82, 2.24) is 14.9 Å². The molecule has 8 heteroatoms. The standard InChI is InChI=1S/C16H18ClN3O3S/c1-2-20-9-7-14(21)19-16(20)24-11-15(22)18-8-10-23-13-5-3-12(17)4-6-13/h3-7,9H,2,8,10-11H2,1H3,(H,18,22). The van der Waals surface area contributed by atoms with Crippen LogP contribution in [0.25, 0.3) is 0 Å². The van der Waals surface area contributed by atoms with Gasteiger partial charge in [0.15, 0.2) is 5.16 Å². The zero-order valence-corrected chi connectivity index (χ0v) is 14.8. The Morgan fingerprint density at radius 1 is 1.33 bits per heavy atom. The summed E-state index contributed by atoms with van der Waals surface area (Å²) in [6.07, 6.45) is 1.68. The lowest BCUT2D eigenvalue weighted by Gasteiger charge is -2.10. The Morgan fingerprint density at radius 3 is 2.79 bits per heavy atom. The van der Waals surface area contributed by atoms with Crippen LogP contribution in [0.4, 0.5) is 0 Å². The lowest BCUT2D eigenvalue weighted by atomic mass is 10.3. The van der Waals surface area contributed by atoms with E-state index in [1.54, 1.807) is 30.5 Å². The number of ether oxygens (including phenoxy) is 1. The molecule has 0 aliphatic rings. The molecule has 2 aromatic rings. The Hall–Kier alpha value is -1.99. The first-order valence-electron chi connectivity index (χ1n) is 7.44. The van der Waals surface area contributed by atoms with Crippen molar-refractivity contribution in [1.29, 1.82) is 0 Å². The molecule has 1 amide bonds. The van der Waals surface area contributed by atoms with Gasteiger partial charge in [0.05, 0.1) is 12.3 Å². The maximum atomic E-state index is 11.8. The fraction of sp³-hybridized carbons (Fsp3) is 0.312. The van der Waals surface area contributed by atoms with Crippen LogP contribution < -0.4 is 15.6 Å². The Labute approximate surface area is 149 Å². The number of aromatic nitrogens is 2. The van der Waals surface area contributed by atoms with E-state index in [1.165, 1.54) is 17.8 Å². The van der Waals surface area contributed by atoms with E-state index in [2.05, 4.69) is 10.3 Å². The van der Waals surface area contributed by atoms with E-state index in [1.807, 2.05) is 11.5 Å². The van der Waals surface area contributed by atoms with E-state index in [0.717, 1.165) is 0 Å². The number of benzene rings is 1. The minimum absolute atomic E-state index is 0.138. The fourth-order valence-corrected chi connectivity index (χ4v) is 2.84. The van der Waals surface area contributed by atoms with Crippen molar-refractivity contribution in [2.24, 2.45) is 0 Å². The summed E-state index contributed by atoms with van der Waals surface area (Å²) in [5, 5.41) is 3.95. The van der Waals surface area contributed by atoms with Gasteiger partial charge in [0.1, 0.15) is 12.4 Å². The molecule has 128 valence electrons. The van der Waals surface area contributed by atoms with Crippen LogP contribution >= 0.6 is 23.4 Å². The van der Waals surface area contributed by atoms with Crippen molar-refractivity contribution < 1.29 is 9.53 Å². The number of hydrogen-bond acceptors (Lipinski definition) is 5. The van der Waals surface area contributed by atoms with Crippen LogP contribution in [0.3, 0.4) is 0 Å². The smallest absolute Gasteiger partial charge is 0.273 e. The number of halogens is 1. The van der Waals surface area contributed by atoms with Crippen LogP contribution in [-0.2, 0) is 11.3 Å². The van der Waals surface area contributed by atoms with Gasteiger partial charge in [-0.25, -0.2) is 0 Å². The zero-order valence-electron chi connectivity index (χ0n) is 13.2. The molecule has 1 aromatic carbocycles. The molecule has 0 atom stereocenters. The first kappa shape index (κ1) is 18.4. The van der Waals surface area contributed by atoms with Gasteiger partial charge in [0.25, 0.3) is 5.56 Å². The molecule has 0 aliphatic carbocycles. The minimum atomic E-state index is -0.307. The highest BCUT2D eigenvalue weighted by atomic mass is 35.5. The predicted molar refractivity (Wildman–Crippen MR) is 94.9 cm³/mol. The van der Waals surface area contributed by atoms with E-state index in [0.29, 0.717) is 35.6 Å². The second-order valence-electron chi connectivity index (χ2n) is 4.78. The van der Waals surface area contributed by atoms with Crippen molar-refractivity contribution in [3.05, 3.63) is 51.9 Å². The van der Waals surface area contributed by atoms with Gasteiger partial charge >= 0.3 is 0 Å². The van der Waals surface area contributed by atoms with Gasteiger partial charge in [-0.05, 0) is 31.2 Å². The largest absolute Gasteiger partial charge is 0.492 e. The maximum Gasteiger partial charge on any atom is 0.273 e. The molecule has 6 nitrogen and oxygen atoms in total. The van der Waals surface area contributed by atoms with Crippen molar-refractivity contribution in [3.8, 4) is 5.75 Å². The molecule has 0 spiro atoms. The highest BCUT2D eigenvalue weighted by Gasteiger charge is 2.07. The van der Waals surface area contributed by atoms with Crippen LogP contribution in [0.5, 0.6) is 5.75 Å². The first-order valence-corrected chi connectivity index (χ1v) is 8.80. The lowest BCUT2D eigenvalue weighted by Crippen LogP contribution is -2.29. The fourth-order valence-electron chi connectivity index (χ4n) is 1.84. The molecule has 2 rings (SSSR count). The summed E-state index contributed by atoms with van der Waals surface area (Å²) in [4.78, 5) is 27.1. The molecular weight excluding hydrogens is 350 g/mol. The number of hydrogen-bond donors (Lipinski definition) is 1. The normalized spacial score (nSPS) is 10.4. The molecule has 0 radical (unpaired) electrons. The predicted octanol–water partition coefficient (Wildman–Crippen LogP) is 2.20. The number of aryl methyl sites for hydroxylation is 1. The van der Waals surface area contributed by atoms with Gasteiger partial charge in [-0.15, -0.1) is 0 Å². The Kier molecular flexibility index (Phi) is 7.14. The van der Waals surface area contributed by atoms with Crippen LogP contribution in [0.15, 0.2) is 46.5 Å². The number of thioether (sulfide) groups is 1. The molecule has 0 unspecified atom stereocenters. The highest BCUT2D eigenvalue weighted by molar-refractivity contribution is 7.99. The summed E-state index contributed by atoms with van der Waals surface area (Å²) in [5.74, 6) is 0.751. The number of rotatable bonds is 8.